The predicted molar refractivity (Wildman–Crippen MR) is 499 cm³/mol. The van der Waals surface area contributed by atoms with Gasteiger partial charge in [-0.3, -0.25) is 95.9 Å². The zero-order valence-electron chi connectivity index (χ0n) is 76.6. The highest BCUT2D eigenvalue weighted by atomic mass is 32.1. The van der Waals surface area contributed by atoms with Crippen LogP contribution in [-0.2, 0) is 120 Å². The van der Waals surface area contributed by atoms with E-state index in [-0.39, 0.29) is 44.6 Å². The molecule has 750 valence electrons. The highest BCUT2D eigenvalue weighted by Crippen LogP contribution is 2.23. The van der Waals surface area contributed by atoms with E-state index in [1.54, 1.807) is 86.8 Å². The van der Waals surface area contributed by atoms with Gasteiger partial charge in [0, 0.05) is 84.2 Å². The number of H-pyrrole nitrogens is 2. The normalized spacial score (nSPS) is 14.8. The molecule has 17 amide bonds. The number of carbonyl (C=O) groups excluding carboxylic acids is 17. The molecule has 0 spiro atoms. The molecule has 0 aliphatic carbocycles. The van der Waals surface area contributed by atoms with Gasteiger partial charge in [-0.2, -0.15) is 25.3 Å². The van der Waals surface area contributed by atoms with E-state index in [2.05, 4.69) is 115 Å². The smallest absolute Gasteiger partial charge is 0.326 e. The van der Waals surface area contributed by atoms with Gasteiger partial charge < -0.3 is 138 Å². The van der Waals surface area contributed by atoms with Gasteiger partial charge in [0.05, 0.1) is 31.5 Å². The molecule has 49 heteroatoms. The van der Waals surface area contributed by atoms with Crippen LogP contribution in [0.4, 0.5) is 0 Å². The van der Waals surface area contributed by atoms with Crippen molar-refractivity contribution >= 4 is 171 Å². The fraction of sp³-hybridized carbons (Fsp3) is 0.511. The standard InChI is InChI=1S/C88H125N21O26S2/c1-42(2)31-62(88(134)135)104-85(131)71(43(3)4)108-82(128)61(36-66(92)112)103-84(130)64(41-137)106-87(133)73(45(7)110)109-81(127)60(34-48-38-94-53-22-14-12-20-50(48)53)102-76(122)55(24-27-65(91)111)96-67(113)39-95-75(121)54(23-15-16-30-89)97-77(123)56(25-28-68(114)115)98-79(125)58(32-46-17-9-8-10-18-46)101-78(124)57(26-29-69(116)117)99-83(129)63(40-136)105-86(132)72(44(5)6)107-80(126)59(100-74(120)51(90)35-70(118)119)33-47-37-93-52-21-13-11-19-49(47)52/h8-14,17-22,37-38,42-45,51,54-64,71-73,93-94,110,136-137H,15-16,23-36,39-41,89-90H2,1-7H3,(H2,91,111)(H2,92,112)(H,95,121)(H,96,113)(H,97,123)(H,98,125)(H,99,129)(H,100,120)(H,101,124)(H,102,122)(H,103,130)(H,104,131)(H,105,132)(H,106,133)(H,107,126)(H,108,128)(H,109,127)(H,114,115)(H,116,117)(H,118,119)(H,134,135)/t45-,51+,54+,55+,56+,57+,58+,59+,60+,61+,62+,63+,64+,71+,72+,73+/m1/s1. The number of thiol groups is 2. The summed E-state index contributed by atoms with van der Waals surface area (Å²) >= 11 is 8.45. The molecule has 5 rings (SSSR count). The van der Waals surface area contributed by atoms with E-state index in [9.17, 15) is 126 Å². The van der Waals surface area contributed by atoms with Crippen LogP contribution < -0.4 is 103 Å². The molecule has 30 N–H and O–H groups in total. The molecular formula is C88H125N21O26S2. The third kappa shape index (κ3) is 38.1. The van der Waals surface area contributed by atoms with Gasteiger partial charge in [0.15, 0.2) is 0 Å². The van der Waals surface area contributed by atoms with Crippen LogP contribution in [0.2, 0.25) is 0 Å². The Bertz CT molecular complexity index is 5090. The minimum Gasteiger partial charge on any atom is -0.481 e. The number of fused-ring (bicyclic) bond motifs is 2. The van der Waals surface area contributed by atoms with Crippen molar-refractivity contribution in [3.05, 3.63) is 108 Å². The maximum absolute atomic E-state index is 14.8. The first kappa shape index (κ1) is 114. The molecule has 0 radical (unpaired) electrons. The van der Waals surface area contributed by atoms with E-state index < -0.39 is 315 Å². The number of carbonyl (C=O) groups is 21. The maximum atomic E-state index is 14.8. The number of aromatic amines is 2. The number of rotatable bonds is 61. The number of hydrogen-bond donors (Lipinski definition) is 28. The Morgan fingerprint density at radius 2 is 0.730 bits per heavy atom. The average Bonchev–Trinajstić information content (AvgIpc) is 1.68. The maximum Gasteiger partial charge on any atom is 0.326 e. The summed E-state index contributed by atoms with van der Waals surface area (Å²) in [5.74, 6) is -27.2. The Morgan fingerprint density at radius 3 is 1.15 bits per heavy atom. The molecule has 0 saturated carbocycles. The van der Waals surface area contributed by atoms with E-state index in [0.29, 0.717) is 38.5 Å². The third-order valence-corrected chi connectivity index (χ3v) is 22.3. The molecule has 3 aromatic carbocycles. The van der Waals surface area contributed by atoms with Gasteiger partial charge in [0.1, 0.15) is 84.6 Å². The number of benzene rings is 3. The highest BCUT2D eigenvalue weighted by molar-refractivity contribution is 7.80. The lowest BCUT2D eigenvalue weighted by molar-refractivity contribution is -0.143. The average molecular weight is 1960 g/mol. The number of unbranched alkanes of at least 4 members (excludes halogenated alkanes) is 1. The summed E-state index contributed by atoms with van der Waals surface area (Å²) in [4.78, 5) is 292. The lowest BCUT2D eigenvalue weighted by Gasteiger charge is -2.28. The van der Waals surface area contributed by atoms with Gasteiger partial charge in [0.2, 0.25) is 100 Å². The molecule has 0 aliphatic heterocycles. The van der Waals surface area contributed by atoms with Crippen molar-refractivity contribution in [2.24, 2.45) is 40.7 Å². The Kier molecular flexibility index (Phi) is 46.9. The highest BCUT2D eigenvalue weighted by Gasteiger charge is 2.41. The third-order valence-electron chi connectivity index (χ3n) is 21.6. The molecule has 5 aromatic rings. The number of aromatic nitrogens is 2. The number of carboxylic acids is 4. The quantitative estimate of drug-likeness (QED) is 0.0128. The van der Waals surface area contributed by atoms with E-state index in [1.807, 2.05) is 0 Å². The minimum absolute atomic E-state index is 0.0232. The van der Waals surface area contributed by atoms with Crippen LogP contribution in [0, 0.1) is 17.8 Å². The van der Waals surface area contributed by atoms with E-state index in [0.717, 1.165) is 6.92 Å². The second-order valence-corrected chi connectivity index (χ2v) is 34.5. The van der Waals surface area contributed by atoms with E-state index in [4.69, 9.17) is 22.9 Å². The monoisotopic (exact) mass is 1960 g/mol. The summed E-state index contributed by atoms with van der Waals surface area (Å²) in [5.41, 5.74) is 25.1. The number of aliphatic carboxylic acids is 4. The predicted octanol–water partition coefficient (Wildman–Crippen LogP) is -4.93. The largest absolute Gasteiger partial charge is 0.481 e. The molecule has 0 aliphatic rings. The summed E-state index contributed by atoms with van der Waals surface area (Å²) in [6.45, 7) is 9.68. The number of carboxylic acid groups (broad SMARTS) is 4. The molecule has 16 atom stereocenters. The first-order valence-corrected chi connectivity index (χ1v) is 45.4. The Hall–Kier alpha value is -13.8. The second kappa shape index (κ2) is 56.5. The van der Waals surface area contributed by atoms with Gasteiger partial charge >= 0.3 is 23.9 Å². The molecule has 0 fully saturated rings. The summed E-state index contributed by atoms with van der Waals surface area (Å²) in [5, 5.41) is 87.4. The molecule has 137 heavy (non-hydrogen) atoms. The number of nitrogens with two attached hydrogens (primary N) is 4. The summed E-state index contributed by atoms with van der Waals surface area (Å²) in [6.07, 6.45) is -5.43. The molecule has 0 unspecified atom stereocenters. The first-order chi connectivity index (χ1) is 64.6. The van der Waals surface area contributed by atoms with Crippen molar-refractivity contribution in [2.45, 2.75) is 242 Å². The zero-order valence-corrected chi connectivity index (χ0v) is 78.4. The summed E-state index contributed by atoms with van der Waals surface area (Å²) in [7, 11) is 0. The van der Waals surface area contributed by atoms with Crippen LogP contribution in [0.25, 0.3) is 21.8 Å². The van der Waals surface area contributed by atoms with Crippen LogP contribution in [0.5, 0.6) is 0 Å². The lowest BCUT2D eigenvalue weighted by Crippen LogP contribution is -2.62. The van der Waals surface area contributed by atoms with Crippen LogP contribution in [-0.4, -0.2) is 281 Å². The number of hydrogen-bond acceptors (Lipinski definition) is 26. The number of aliphatic hydroxyl groups excluding tert-OH is 1. The minimum atomic E-state index is -1.99. The topological polar surface area (TPSA) is 776 Å². The number of nitrogens with one attached hydrogen (secondary N) is 17. The summed E-state index contributed by atoms with van der Waals surface area (Å²) < 4.78 is 0. The van der Waals surface area contributed by atoms with Crippen LogP contribution in [0.15, 0.2) is 91.3 Å². The lowest BCUT2D eigenvalue weighted by atomic mass is 10.00. The SMILES string of the molecule is CC(C)C[C@H](NC(=O)[C@@H](NC(=O)[C@H](CC(N)=O)NC(=O)[C@H](CS)NC(=O)[C@@H](NC(=O)[C@H](Cc1c[nH]c2ccccc12)NC(=O)[C@H](CCC(N)=O)NC(=O)CNC(=O)[C@H](CCCCN)NC(=O)[C@H](CCC(=O)O)NC(=O)[C@H](Cc1ccccc1)NC(=O)[C@H](CCC(=O)O)NC(=O)[C@H](CS)NC(=O)[C@@H](NC(=O)[C@H](Cc1c[nH]c2ccccc12)NC(=O)[C@@H](N)CC(=O)O)C(C)C)[C@@H](C)O)C(C)C)C(=O)O. The van der Waals surface area contributed by atoms with Crippen molar-refractivity contribution < 1.29 is 126 Å². The molecule has 0 bridgehead atoms. The Labute approximate surface area is 798 Å². The van der Waals surface area contributed by atoms with E-state index in [1.165, 1.54) is 46.0 Å². The van der Waals surface area contributed by atoms with Crippen molar-refractivity contribution in [3.8, 4) is 0 Å². The fourth-order valence-corrected chi connectivity index (χ4v) is 14.7. The first-order valence-electron chi connectivity index (χ1n) is 44.1. The second-order valence-electron chi connectivity index (χ2n) is 33.8. The Morgan fingerprint density at radius 1 is 0.365 bits per heavy atom. The molecular weight excluding hydrogens is 1830 g/mol. The Balaban J connectivity index is 1.36. The van der Waals surface area contributed by atoms with Crippen LogP contribution in [0.1, 0.15) is 142 Å². The molecule has 2 heterocycles. The van der Waals surface area contributed by atoms with Crippen LogP contribution in [0.3, 0.4) is 0 Å². The molecule has 2 aromatic heterocycles. The molecule has 47 nitrogen and oxygen atoms in total. The fourth-order valence-electron chi connectivity index (χ4n) is 14.2. The van der Waals surface area contributed by atoms with Gasteiger partial charge in [-0.15, -0.1) is 0 Å². The zero-order chi connectivity index (χ0) is 102. The van der Waals surface area contributed by atoms with Gasteiger partial charge in [-0.05, 0) is 105 Å². The van der Waals surface area contributed by atoms with Crippen LogP contribution >= 0.6 is 25.3 Å². The number of primary amides is 2. The number of amides is 17. The van der Waals surface area contributed by atoms with Gasteiger partial charge in [-0.25, -0.2) is 4.79 Å². The van der Waals surface area contributed by atoms with Gasteiger partial charge in [0.25, 0.3) is 0 Å². The number of para-hydroxylation sites is 2. The van der Waals surface area contributed by atoms with Gasteiger partial charge in [-0.1, -0.05) is 108 Å². The van der Waals surface area contributed by atoms with Crippen molar-refractivity contribution in [2.75, 3.05) is 24.6 Å². The summed E-state index contributed by atoms with van der Waals surface area (Å²) in [6, 6.07) is -3.71. The van der Waals surface area contributed by atoms with Crippen molar-refractivity contribution in [3.63, 3.8) is 0 Å². The van der Waals surface area contributed by atoms with Crippen molar-refractivity contribution in [1.82, 2.24) is 89.7 Å². The molecule has 0 saturated heterocycles. The van der Waals surface area contributed by atoms with E-state index >= 15 is 0 Å². The number of aliphatic hydroxyl groups is 1. The van der Waals surface area contributed by atoms with Crippen molar-refractivity contribution in [1.29, 1.82) is 0 Å².